The summed E-state index contributed by atoms with van der Waals surface area (Å²) in [4.78, 5) is 14.9. The van der Waals surface area contributed by atoms with Crippen LogP contribution >= 0.6 is 11.3 Å². The van der Waals surface area contributed by atoms with Gasteiger partial charge in [0.2, 0.25) is 0 Å². The molecule has 2 N–H and O–H groups in total. The van der Waals surface area contributed by atoms with Crippen molar-refractivity contribution in [2.24, 2.45) is 4.99 Å². The summed E-state index contributed by atoms with van der Waals surface area (Å²) in [5.41, 5.74) is 2.79. The predicted octanol–water partition coefficient (Wildman–Crippen LogP) is 3.69. The van der Waals surface area contributed by atoms with E-state index in [9.17, 15) is 0 Å². The number of thiazole rings is 1. The molecule has 31 heavy (non-hydrogen) atoms. The molecule has 1 atom stereocenters. The van der Waals surface area contributed by atoms with Gasteiger partial charge >= 0.3 is 0 Å². The van der Waals surface area contributed by atoms with Crippen LogP contribution in [0.4, 0.5) is 0 Å². The molecule has 2 aromatic heterocycles. The SMILES string of the molecule is Cc1nc(-c2nc3c(s2)CCOc2cc(C(C=N)C=NCCO)ccc2-3)n(C(C)C)n1. The number of hydrogen-bond acceptors (Lipinski definition) is 8. The number of nitrogens with zero attached hydrogens (tertiary/aromatic N) is 5. The molecule has 1 aliphatic heterocycles. The molecule has 0 amide bonds. The molecule has 3 heterocycles. The van der Waals surface area contributed by atoms with Crippen molar-refractivity contribution in [3.8, 4) is 27.8 Å². The fourth-order valence-corrected chi connectivity index (χ4v) is 4.59. The number of aliphatic hydroxyl groups is 1. The minimum atomic E-state index is -0.262. The fourth-order valence-electron chi connectivity index (χ4n) is 3.55. The number of aromatic nitrogens is 4. The third-order valence-corrected chi connectivity index (χ3v) is 6.13. The van der Waals surface area contributed by atoms with E-state index in [-0.39, 0.29) is 18.6 Å². The van der Waals surface area contributed by atoms with Gasteiger partial charge in [-0.1, -0.05) is 6.07 Å². The molecule has 8 nitrogen and oxygen atoms in total. The van der Waals surface area contributed by atoms with Crippen molar-refractivity contribution in [2.75, 3.05) is 19.8 Å². The van der Waals surface area contributed by atoms with Crippen LogP contribution in [0.3, 0.4) is 0 Å². The van der Waals surface area contributed by atoms with E-state index in [2.05, 4.69) is 28.9 Å². The van der Waals surface area contributed by atoms with E-state index in [0.717, 1.165) is 45.6 Å². The lowest BCUT2D eigenvalue weighted by Crippen LogP contribution is -2.05. The van der Waals surface area contributed by atoms with Gasteiger partial charge in [-0.05, 0) is 38.5 Å². The van der Waals surface area contributed by atoms with E-state index >= 15 is 0 Å². The highest BCUT2D eigenvalue weighted by atomic mass is 32.1. The second-order valence-electron chi connectivity index (χ2n) is 7.64. The number of nitrogens with one attached hydrogen (secondary N) is 1. The van der Waals surface area contributed by atoms with Gasteiger partial charge in [0.15, 0.2) is 10.8 Å². The summed E-state index contributed by atoms with van der Waals surface area (Å²) >= 11 is 1.64. The molecule has 162 valence electrons. The molecule has 1 aromatic carbocycles. The fraction of sp³-hybridized carbons (Fsp3) is 0.409. The van der Waals surface area contributed by atoms with E-state index in [1.54, 1.807) is 17.6 Å². The number of aliphatic imine (C=N–C) groups is 1. The smallest absolute Gasteiger partial charge is 0.187 e. The molecule has 0 bridgehead atoms. The zero-order valence-electron chi connectivity index (χ0n) is 17.9. The highest BCUT2D eigenvalue weighted by Gasteiger charge is 2.24. The lowest BCUT2D eigenvalue weighted by molar-refractivity contribution is 0.307. The van der Waals surface area contributed by atoms with E-state index in [1.165, 1.54) is 11.1 Å². The molecule has 0 radical (unpaired) electrons. The van der Waals surface area contributed by atoms with Crippen LogP contribution < -0.4 is 4.74 Å². The van der Waals surface area contributed by atoms with Gasteiger partial charge in [0, 0.05) is 35.3 Å². The Balaban J connectivity index is 1.73. The Bertz CT molecular complexity index is 1120. The zero-order chi connectivity index (χ0) is 22.0. The predicted molar refractivity (Wildman–Crippen MR) is 123 cm³/mol. The summed E-state index contributed by atoms with van der Waals surface area (Å²) in [5, 5.41) is 22.1. The summed E-state index contributed by atoms with van der Waals surface area (Å²) < 4.78 is 7.96. The van der Waals surface area contributed by atoms with Gasteiger partial charge in [-0.15, -0.1) is 11.3 Å². The normalized spacial score (nSPS) is 14.2. The number of aliphatic hydroxyl groups excluding tert-OH is 1. The summed E-state index contributed by atoms with van der Waals surface area (Å²) in [7, 11) is 0. The summed E-state index contributed by atoms with van der Waals surface area (Å²) in [5.74, 6) is 2.04. The first-order valence-electron chi connectivity index (χ1n) is 10.3. The first kappa shape index (κ1) is 21.3. The van der Waals surface area contributed by atoms with Crippen LogP contribution in [0.15, 0.2) is 23.2 Å². The summed E-state index contributed by atoms with van der Waals surface area (Å²) in [6.45, 7) is 6.96. The highest BCUT2D eigenvalue weighted by molar-refractivity contribution is 7.15. The van der Waals surface area contributed by atoms with Crippen molar-refractivity contribution in [1.82, 2.24) is 19.7 Å². The van der Waals surface area contributed by atoms with Crippen molar-refractivity contribution in [2.45, 2.75) is 39.2 Å². The molecule has 0 saturated heterocycles. The number of aryl methyl sites for hydroxylation is 1. The monoisotopic (exact) mass is 438 g/mol. The van der Waals surface area contributed by atoms with Gasteiger partial charge in [-0.3, -0.25) is 4.99 Å². The van der Waals surface area contributed by atoms with Gasteiger partial charge in [0.25, 0.3) is 0 Å². The molecule has 4 rings (SSSR count). The maximum Gasteiger partial charge on any atom is 0.187 e. The average Bonchev–Trinajstić information content (AvgIpc) is 3.31. The van der Waals surface area contributed by atoms with Gasteiger partial charge in [-0.25, -0.2) is 14.6 Å². The van der Waals surface area contributed by atoms with Gasteiger partial charge in [-0.2, -0.15) is 5.10 Å². The van der Waals surface area contributed by atoms with Crippen molar-refractivity contribution in [3.63, 3.8) is 0 Å². The summed E-state index contributed by atoms with van der Waals surface area (Å²) in [6.07, 6.45) is 3.81. The third-order valence-electron chi connectivity index (χ3n) is 5.02. The van der Waals surface area contributed by atoms with Crippen LogP contribution in [0.25, 0.3) is 22.1 Å². The molecule has 3 aromatic rings. The molecule has 0 spiro atoms. The highest BCUT2D eigenvalue weighted by Crippen LogP contribution is 2.41. The Labute approximate surface area is 185 Å². The second-order valence-corrected chi connectivity index (χ2v) is 8.72. The number of fused-ring (bicyclic) bond motifs is 3. The van der Waals surface area contributed by atoms with E-state index < -0.39 is 0 Å². The molecule has 1 aliphatic rings. The van der Waals surface area contributed by atoms with Crippen molar-refractivity contribution >= 4 is 23.8 Å². The van der Waals surface area contributed by atoms with Crippen LogP contribution in [-0.2, 0) is 6.42 Å². The maximum atomic E-state index is 8.93. The third kappa shape index (κ3) is 4.28. The first-order valence-corrected chi connectivity index (χ1v) is 11.1. The van der Waals surface area contributed by atoms with E-state index in [1.807, 2.05) is 29.8 Å². The van der Waals surface area contributed by atoms with Crippen LogP contribution in [0.1, 0.15) is 42.1 Å². The molecule has 0 fully saturated rings. The van der Waals surface area contributed by atoms with Crippen LogP contribution in [0, 0.1) is 12.3 Å². The molecule has 0 saturated carbocycles. The Kier molecular flexibility index (Phi) is 6.24. The van der Waals surface area contributed by atoms with E-state index in [4.69, 9.17) is 20.2 Å². The van der Waals surface area contributed by atoms with Crippen molar-refractivity contribution < 1.29 is 9.84 Å². The molecule has 0 aliphatic carbocycles. The zero-order valence-corrected chi connectivity index (χ0v) is 18.7. The van der Waals surface area contributed by atoms with Gasteiger partial charge in [0.05, 0.1) is 31.4 Å². The largest absolute Gasteiger partial charge is 0.492 e. The molecule has 1 unspecified atom stereocenters. The minimum absolute atomic E-state index is 0.00640. The number of ether oxygens (including phenoxy) is 1. The Hall–Kier alpha value is -2.91. The van der Waals surface area contributed by atoms with Gasteiger partial charge < -0.3 is 15.3 Å². The van der Waals surface area contributed by atoms with Crippen LogP contribution in [-0.4, -0.2) is 57.0 Å². The topological polar surface area (TPSA) is 109 Å². The number of benzene rings is 1. The minimum Gasteiger partial charge on any atom is -0.492 e. The molecular weight excluding hydrogens is 412 g/mol. The van der Waals surface area contributed by atoms with Crippen LogP contribution in [0.2, 0.25) is 0 Å². The first-order chi connectivity index (χ1) is 15.0. The Morgan fingerprint density at radius 1 is 1.35 bits per heavy atom. The molecule has 9 heteroatoms. The molecular formula is C22H26N6O2S. The Morgan fingerprint density at radius 2 is 2.19 bits per heavy atom. The van der Waals surface area contributed by atoms with Crippen molar-refractivity contribution in [1.29, 1.82) is 5.41 Å². The Morgan fingerprint density at radius 3 is 2.94 bits per heavy atom. The summed E-state index contributed by atoms with van der Waals surface area (Å²) in [6, 6.07) is 6.15. The maximum absolute atomic E-state index is 8.93. The standard InChI is InChI=1S/C22H26N6O2S/c1-13(2)28-21(25-14(3)27-28)22-26-20-17-5-4-15(16(11-23)12-24-7-8-29)10-18(17)30-9-6-19(20)31-22/h4-5,10-13,16,23,29H,6-9H2,1-3H3. The quantitative estimate of drug-likeness (QED) is 0.547. The average molecular weight is 439 g/mol. The van der Waals surface area contributed by atoms with Crippen LogP contribution in [0.5, 0.6) is 5.75 Å². The lowest BCUT2D eigenvalue weighted by Gasteiger charge is -2.12. The number of hydrogen-bond donors (Lipinski definition) is 2. The van der Waals surface area contributed by atoms with E-state index in [0.29, 0.717) is 13.2 Å². The van der Waals surface area contributed by atoms with Crippen molar-refractivity contribution in [3.05, 3.63) is 34.5 Å². The second kappa shape index (κ2) is 9.07. The van der Waals surface area contributed by atoms with Gasteiger partial charge in [0.1, 0.15) is 11.6 Å². The number of rotatable bonds is 7. The lowest BCUT2D eigenvalue weighted by atomic mass is 9.98.